The number of nitrogens with zero attached hydrogens (tertiary/aromatic N) is 2. The first-order chi connectivity index (χ1) is 14.6. The molecule has 1 aliphatic carbocycles. The van der Waals surface area contributed by atoms with Gasteiger partial charge in [-0.3, -0.25) is 9.59 Å². The third-order valence-electron chi connectivity index (χ3n) is 6.16. The summed E-state index contributed by atoms with van der Waals surface area (Å²) in [6.45, 7) is 2.31. The zero-order valence-corrected chi connectivity index (χ0v) is 17.1. The highest BCUT2D eigenvalue weighted by molar-refractivity contribution is 5.91. The lowest BCUT2D eigenvalue weighted by Gasteiger charge is -2.26. The first-order valence-electron chi connectivity index (χ1n) is 10.3. The van der Waals surface area contributed by atoms with E-state index >= 15 is 4.39 Å². The second kappa shape index (κ2) is 7.81. The van der Waals surface area contributed by atoms with Crippen LogP contribution in [0.2, 0.25) is 0 Å². The summed E-state index contributed by atoms with van der Waals surface area (Å²) in [6, 6.07) is 3.13. The number of alkyl halides is 3. The van der Waals surface area contributed by atoms with Crippen molar-refractivity contribution in [3.8, 4) is 0 Å². The molecule has 0 spiro atoms. The zero-order chi connectivity index (χ0) is 22.5. The normalized spacial score (nSPS) is 19.3. The predicted octanol–water partition coefficient (Wildman–Crippen LogP) is 2.75. The summed E-state index contributed by atoms with van der Waals surface area (Å²) < 4.78 is 54.5. The van der Waals surface area contributed by atoms with Crippen LogP contribution in [0.4, 0.5) is 23.2 Å². The van der Waals surface area contributed by atoms with Gasteiger partial charge in [-0.15, -0.1) is 0 Å². The molecule has 2 fully saturated rings. The van der Waals surface area contributed by atoms with Gasteiger partial charge in [0, 0.05) is 49.2 Å². The number of nitrogens with one attached hydrogen (secondary N) is 1. The van der Waals surface area contributed by atoms with Crippen molar-refractivity contribution < 1.29 is 22.4 Å². The fraction of sp³-hybridized carbons (Fsp3) is 0.524. The standard InChI is InChI=1S/C21H24F4N4O2/c1-11-18-14(4-5-16(30)29(18)13-2-3-13)15(8-26)17(22)19(11)28-7-6-12(10-28)9-27-20(31)21(23,24)25/h4-5,12-13H,2-3,6-10,26H2,1H3,(H,27,31). The van der Waals surface area contributed by atoms with E-state index in [1.165, 1.54) is 6.07 Å². The number of aryl methyl sites for hydroxylation is 1. The van der Waals surface area contributed by atoms with Crippen LogP contribution in [0, 0.1) is 18.7 Å². The minimum Gasteiger partial charge on any atom is -0.369 e. The molecule has 3 N–H and O–H groups in total. The van der Waals surface area contributed by atoms with Gasteiger partial charge in [0.2, 0.25) is 0 Å². The van der Waals surface area contributed by atoms with Crippen LogP contribution < -0.4 is 21.5 Å². The number of aromatic nitrogens is 1. The Bertz CT molecular complexity index is 1090. The zero-order valence-electron chi connectivity index (χ0n) is 17.1. The van der Waals surface area contributed by atoms with Gasteiger partial charge in [0.1, 0.15) is 0 Å². The lowest BCUT2D eigenvalue weighted by atomic mass is 10.00. The predicted molar refractivity (Wildman–Crippen MR) is 108 cm³/mol. The Morgan fingerprint density at radius 2 is 1.97 bits per heavy atom. The highest BCUT2D eigenvalue weighted by atomic mass is 19.4. The number of anilines is 1. The number of nitrogens with two attached hydrogens (primary N) is 1. The molecule has 0 bridgehead atoms. The molecule has 1 saturated heterocycles. The van der Waals surface area contributed by atoms with Crippen LogP contribution in [0.1, 0.15) is 36.4 Å². The van der Waals surface area contributed by atoms with E-state index in [9.17, 15) is 22.8 Å². The second-order valence-electron chi connectivity index (χ2n) is 8.31. The summed E-state index contributed by atoms with van der Waals surface area (Å²) in [6.07, 6.45) is -2.65. The number of hydrogen-bond acceptors (Lipinski definition) is 4. The lowest BCUT2D eigenvalue weighted by molar-refractivity contribution is -0.173. The molecule has 168 valence electrons. The molecule has 1 aromatic heterocycles. The van der Waals surface area contributed by atoms with Crippen LogP contribution in [0.25, 0.3) is 10.9 Å². The molecular weight excluding hydrogens is 416 g/mol. The van der Waals surface area contributed by atoms with Gasteiger partial charge >= 0.3 is 12.1 Å². The van der Waals surface area contributed by atoms with Gasteiger partial charge in [0.15, 0.2) is 5.82 Å². The third kappa shape index (κ3) is 3.88. The lowest BCUT2D eigenvalue weighted by Crippen LogP contribution is -2.39. The Labute approximate surface area is 176 Å². The molecule has 4 rings (SSSR count). The molecule has 0 radical (unpaired) electrons. The SMILES string of the molecule is Cc1c(N2CCC(CNC(=O)C(F)(F)F)C2)c(F)c(CN)c2ccc(=O)n(C3CC3)c12. The van der Waals surface area contributed by atoms with E-state index in [2.05, 4.69) is 0 Å². The fourth-order valence-electron chi connectivity index (χ4n) is 4.53. The first kappa shape index (κ1) is 21.6. The molecule has 2 heterocycles. The average molecular weight is 440 g/mol. The Morgan fingerprint density at radius 3 is 2.58 bits per heavy atom. The molecule has 1 unspecified atom stereocenters. The summed E-state index contributed by atoms with van der Waals surface area (Å²) >= 11 is 0. The van der Waals surface area contributed by atoms with E-state index < -0.39 is 17.9 Å². The van der Waals surface area contributed by atoms with Crippen molar-refractivity contribution in [3.05, 3.63) is 39.4 Å². The van der Waals surface area contributed by atoms with Crippen LogP contribution in [-0.2, 0) is 11.3 Å². The van der Waals surface area contributed by atoms with E-state index in [1.54, 1.807) is 22.5 Å². The Morgan fingerprint density at radius 1 is 1.26 bits per heavy atom. The van der Waals surface area contributed by atoms with Gasteiger partial charge in [-0.25, -0.2) is 4.39 Å². The highest BCUT2D eigenvalue weighted by Gasteiger charge is 2.39. The van der Waals surface area contributed by atoms with Gasteiger partial charge in [0.25, 0.3) is 5.56 Å². The number of fused-ring (bicyclic) bond motifs is 1. The van der Waals surface area contributed by atoms with Crippen LogP contribution >= 0.6 is 0 Å². The Balaban J connectivity index is 1.69. The summed E-state index contributed by atoms with van der Waals surface area (Å²) in [5.41, 5.74) is 7.65. The molecule has 2 aromatic rings. The van der Waals surface area contributed by atoms with Crippen LogP contribution in [-0.4, -0.2) is 36.3 Å². The van der Waals surface area contributed by atoms with Crippen molar-refractivity contribution in [2.75, 3.05) is 24.5 Å². The van der Waals surface area contributed by atoms with Gasteiger partial charge in [-0.05, 0) is 43.7 Å². The molecule has 31 heavy (non-hydrogen) atoms. The molecule has 1 aliphatic heterocycles. The van der Waals surface area contributed by atoms with Crippen molar-refractivity contribution in [1.82, 2.24) is 9.88 Å². The number of pyridine rings is 1. The minimum atomic E-state index is -4.93. The van der Waals surface area contributed by atoms with Crippen molar-refractivity contribution >= 4 is 22.5 Å². The van der Waals surface area contributed by atoms with Crippen molar-refractivity contribution in [2.24, 2.45) is 11.7 Å². The number of benzene rings is 1. The van der Waals surface area contributed by atoms with Crippen LogP contribution in [0.5, 0.6) is 0 Å². The van der Waals surface area contributed by atoms with Crippen molar-refractivity contribution in [2.45, 2.75) is 44.9 Å². The summed E-state index contributed by atoms with van der Waals surface area (Å²) in [7, 11) is 0. The summed E-state index contributed by atoms with van der Waals surface area (Å²) in [5.74, 6) is -2.69. The quantitative estimate of drug-likeness (QED) is 0.701. The molecule has 1 amide bonds. The number of halogens is 4. The van der Waals surface area contributed by atoms with E-state index in [0.717, 1.165) is 12.8 Å². The third-order valence-corrected chi connectivity index (χ3v) is 6.16. The average Bonchev–Trinajstić information content (AvgIpc) is 3.44. The topological polar surface area (TPSA) is 80.4 Å². The van der Waals surface area contributed by atoms with Crippen LogP contribution in [0.3, 0.4) is 0 Å². The maximum Gasteiger partial charge on any atom is 0.471 e. The summed E-state index contributed by atoms with van der Waals surface area (Å²) in [5, 5.41) is 2.52. The number of rotatable bonds is 5. The van der Waals surface area contributed by atoms with Crippen molar-refractivity contribution in [3.63, 3.8) is 0 Å². The molecule has 2 aliphatic rings. The van der Waals surface area contributed by atoms with Gasteiger partial charge in [0.05, 0.1) is 11.2 Å². The van der Waals surface area contributed by atoms with Gasteiger partial charge in [-0.1, -0.05) is 0 Å². The molecule has 1 atom stereocenters. The molecule has 1 aromatic carbocycles. The fourth-order valence-corrected chi connectivity index (χ4v) is 4.53. The highest BCUT2D eigenvalue weighted by Crippen LogP contribution is 2.41. The van der Waals surface area contributed by atoms with E-state index in [4.69, 9.17) is 5.73 Å². The van der Waals surface area contributed by atoms with E-state index in [1.807, 2.05) is 5.32 Å². The smallest absolute Gasteiger partial charge is 0.369 e. The molecule has 6 nitrogen and oxygen atoms in total. The van der Waals surface area contributed by atoms with Crippen molar-refractivity contribution in [1.29, 1.82) is 0 Å². The number of hydrogen-bond donors (Lipinski definition) is 2. The van der Waals surface area contributed by atoms with E-state index in [0.29, 0.717) is 47.2 Å². The largest absolute Gasteiger partial charge is 0.471 e. The maximum atomic E-state index is 15.5. The van der Waals surface area contributed by atoms with E-state index in [-0.39, 0.29) is 30.6 Å². The van der Waals surface area contributed by atoms with Gasteiger partial charge in [-0.2, -0.15) is 13.2 Å². The Hall–Kier alpha value is -2.62. The number of carbonyl (C=O) groups is 1. The molecule has 10 heteroatoms. The first-order valence-corrected chi connectivity index (χ1v) is 10.3. The molecule has 1 saturated carbocycles. The maximum absolute atomic E-state index is 15.5. The number of amides is 1. The summed E-state index contributed by atoms with van der Waals surface area (Å²) in [4.78, 5) is 25.4. The monoisotopic (exact) mass is 440 g/mol. The Kier molecular flexibility index (Phi) is 5.45. The number of carbonyl (C=O) groups excluding carboxylic acids is 1. The van der Waals surface area contributed by atoms with Crippen LogP contribution in [0.15, 0.2) is 16.9 Å². The second-order valence-corrected chi connectivity index (χ2v) is 8.31. The molecular formula is C21H24F4N4O2. The van der Waals surface area contributed by atoms with Gasteiger partial charge < -0.3 is 20.5 Å². The minimum absolute atomic E-state index is 0.0443.